The molecule has 3 rings (SSSR count). The summed E-state index contributed by atoms with van der Waals surface area (Å²) in [7, 11) is 0. The van der Waals surface area contributed by atoms with Crippen LogP contribution in [-0.4, -0.2) is 27.5 Å². The number of hydrogen-bond donors (Lipinski definition) is 0. The van der Waals surface area contributed by atoms with E-state index in [0.717, 1.165) is 18.8 Å². The normalized spacial score (nSPS) is 14.4. The Labute approximate surface area is 104 Å². The van der Waals surface area contributed by atoms with Crippen molar-refractivity contribution in [2.24, 2.45) is 0 Å². The summed E-state index contributed by atoms with van der Waals surface area (Å²) in [6.45, 7) is 1.48. The van der Waals surface area contributed by atoms with E-state index in [0.29, 0.717) is 12.0 Å². The molecule has 90 valence electrons. The molecule has 0 radical (unpaired) electrons. The third-order valence-electron chi connectivity index (χ3n) is 3.08. The predicted octanol–water partition coefficient (Wildman–Crippen LogP) is 1.46. The highest BCUT2D eigenvalue weighted by Gasteiger charge is 2.23. The maximum Gasteiger partial charge on any atom is 0.168 e. The second kappa shape index (κ2) is 4.52. The minimum absolute atomic E-state index is 0.144. The van der Waals surface area contributed by atoms with Crippen molar-refractivity contribution in [3.63, 3.8) is 0 Å². The highest BCUT2D eigenvalue weighted by atomic mass is 16.1. The second-order valence-corrected chi connectivity index (χ2v) is 4.24. The van der Waals surface area contributed by atoms with Gasteiger partial charge in [-0.3, -0.25) is 9.78 Å². The average molecular weight is 240 g/mol. The van der Waals surface area contributed by atoms with Gasteiger partial charge in [-0.25, -0.2) is 0 Å². The molecule has 0 bridgehead atoms. The first-order chi connectivity index (χ1) is 8.84. The summed E-state index contributed by atoms with van der Waals surface area (Å²) < 4.78 is 0. The Balaban J connectivity index is 1.91. The molecule has 18 heavy (non-hydrogen) atoms. The van der Waals surface area contributed by atoms with Crippen LogP contribution in [0.15, 0.2) is 36.9 Å². The molecular formula is C13H12N4O. The SMILES string of the molecule is O=C1CCN(Cc2ccncc2)c2cnncc21. The van der Waals surface area contributed by atoms with Gasteiger partial charge in [-0.15, -0.1) is 0 Å². The molecule has 2 aromatic rings. The first-order valence-electron chi connectivity index (χ1n) is 5.82. The number of Topliss-reactive ketones (excluding diaryl/α,β-unsaturated/α-hetero) is 1. The van der Waals surface area contributed by atoms with E-state index < -0.39 is 0 Å². The standard InChI is InChI=1S/C13H12N4O/c18-13-3-6-17(9-10-1-4-14-5-2-10)12-8-16-15-7-11(12)13/h1-2,4-5,7-8H,3,6,9H2. The van der Waals surface area contributed by atoms with Gasteiger partial charge in [0.2, 0.25) is 0 Å². The average Bonchev–Trinajstić information content (AvgIpc) is 2.44. The number of carbonyl (C=O) groups excluding carboxylic acids is 1. The van der Waals surface area contributed by atoms with Crippen LogP contribution < -0.4 is 4.90 Å². The van der Waals surface area contributed by atoms with E-state index in [1.54, 1.807) is 24.8 Å². The van der Waals surface area contributed by atoms with E-state index in [4.69, 9.17) is 0 Å². The van der Waals surface area contributed by atoms with E-state index in [1.807, 2.05) is 12.1 Å². The van der Waals surface area contributed by atoms with Crippen LogP contribution in [0, 0.1) is 0 Å². The van der Waals surface area contributed by atoms with E-state index in [1.165, 1.54) is 5.56 Å². The van der Waals surface area contributed by atoms with Crippen molar-refractivity contribution in [1.29, 1.82) is 0 Å². The van der Waals surface area contributed by atoms with E-state index >= 15 is 0 Å². The van der Waals surface area contributed by atoms with Crippen molar-refractivity contribution in [1.82, 2.24) is 15.2 Å². The van der Waals surface area contributed by atoms with Crippen LogP contribution in [0.1, 0.15) is 22.3 Å². The summed E-state index contributed by atoms with van der Waals surface area (Å²) in [6.07, 6.45) is 7.29. The summed E-state index contributed by atoms with van der Waals surface area (Å²) >= 11 is 0. The maximum atomic E-state index is 11.8. The largest absolute Gasteiger partial charge is 0.365 e. The lowest BCUT2D eigenvalue weighted by molar-refractivity contribution is 0.0979. The van der Waals surface area contributed by atoms with Gasteiger partial charge in [0.25, 0.3) is 0 Å². The number of anilines is 1. The highest BCUT2D eigenvalue weighted by molar-refractivity contribution is 6.02. The molecule has 0 atom stereocenters. The van der Waals surface area contributed by atoms with Crippen LogP contribution in [0.3, 0.4) is 0 Å². The fourth-order valence-electron chi connectivity index (χ4n) is 2.15. The minimum Gasteiger partial charge on any atom is -0.365 e. The van der Waals surface area contributed by atoms with Gasteiger partial charge in [0, 0.05) is 31.9 Å². The minimum atomic E-state index is 0.144. The van der Waals surface area contributed by atoms with Crippen LogP contribution in [0.5, 0.6) is 0 Å². The van der Waals surface area contributed by atoms with Gasteiger partial charge in [0.15, 0.2) is 5.78 Å². The first-order valence-corrected chi connectivity index (χ1v) is 5.82. The van der Waals surface area contributed by atoms with Gasteiger partial charge in [0.1, 0.15) is 0 Å². The lowest BCUT2D eigenvalue weighted by Crippen LogP contribution is -2.31. The van der Waals surface area contributed by atoms with Crippen LogP contribution in [0.2, 0.25) is 0 Å². The zero-order chi connectivity index (χ0) is 12.4. The number of carbonyl (C=O) groups is 1. The summed E-state index contributed by atoms with van der Waals surface area (Å²) in [4.78, 5) is 17.9. The van der Waals surface area contributed by atoms with Crippen LogP contribution >= 0.6 is 0 Å². The smallest absolute Gasteiger partial charge is 0.168 e. The Kier molecular flexibility index (Phi) is 2.72. The van der Waals surface area contributed by atoms with Crippen molar-refractivity contribution in [2.75, 3.05) is 11.4 Å². The zero-order valence-corrected chi connectivity index (χ0v) is 9.78. The Bertz CT molecular complexity index is 570. The van der Waals surface area contributed by atoms with Gasteiger partial charge in [-0.2, -0.15) is 10.2 Å². The third kappa shape index (κ3) is 1.95. The van der Waals surface area contributed by atoms with E-state index in [9.17, 15) is 4.79 Å². The Morgan fingerprint density at radius 1 is 1.17 bits per heavy atom. The molecule has 0 aromatic carbocycles. The number of ketones is 1. The maximum absolute atomic E-state index is 11.8. The summed E-state index contributed by atoms with van der Waals surface area (Å²) in [5, 5.41) is 7.65. The van der Waals surface area contributed by atoms with Crippen molar-refractivity contribution < 1.29 is 4.79 Å². The molecule has 0 saturated heterocycles. The molecule has 0 spiro atoms. The second-order valence-electron chi connectivity index (χ2n) is 4.24. The number of nitrogens with zero attached hydrogens (tertiary/aromatic N) is 4. The van der Waals surface area contributed by atoms with Gasteiger partial charge in [-0.05, 0) is 17.7 Å². The lowest BCUT2D eigenvalue weighted by Gasteiger charge is -2.29. The number of aromatic nitrogens is 3. The first kappa shape index (κ1) is 10.8. The number of hydrogen-bond acceptors (Lipinski definition) is 5. The molecule has 0 aliphatic carbocycles. The van der Waals surface area contributed by atoms with Gasteiger partial charge in [-0.1, -0.05) is 0 Å². The number of fused-ring (bicyclic) bond motifs is 1. The molecular weight excluding hydrogens is 228 g/mol. The van der Waals surface area contributed by atoms with Gasteiger partial charge < -0.3 is 4.90 Å². The van der Waals surface area contributed by atoms with Crippen molar-refractivity contribution >= 4 is 11.5 Å². The molecule has 3 heterocycles. The fraction of sp³-hybridized carbons (Fsp3) is 0.231. The predicted molar refractivity (Wildman–Crippen MR) is 66.3 cm³/mol. The zero-order valence-electron chi connectivity index (χ0n) is 9.78. The molecule has 1 aliphatic heterocycles. The highest BCUT2D eigenvalue weighted by Crippen LogP contribution is 2.26. The van der Waals surface area contributed by atoms with Gasteiger partial charge in [0.05, 0.1) is 23.6 Å². The van der Waals surface area contributed by atoms with Crippen molar-refractivity contribution in [2.45, 2.75) is 13.0 Å². The molecule has 5 heteroatoms. The molecule has 0 N–H and O–H groups in total. The topological polar surface area (TPSA) is 59.0 Å². The van der Waals surface area contributed by atoms with Crippen molar-refractivity contribution in [3.8, 4) is 0 Å². The van der Waals surface area contributed by atoms with E-state index in [-0.39, 0.29) is 5.78 Å². The van der Waals surface area contributed by atoms with E-state index in [2.05, 4.69) is 20.1 Å². The molecule has 0 unspecified atom stereocenters. The molecule has 2 aromatic heterocycles. The van der Waals surface area contributed by atoms with Crippen LogP contribution in [0.25, 0.3) is 0 Å². The number of rotatable bonds is 2. The molecule has 5 nitrogen and oxygen atoms in total. The quantitative estimate of drug-likeness (QED) is 0.795. The Morgan fingerprint density at radius 2 is 1.94 bits per heavy atom. The third-order valence-corrected chi connectivity index (χ3v) is 3.08. The van der Waals surface area contributed by atoms with Crippen LogP contribution in [0.4, 0.5) is 5.69 Å². The molecule has 0 fully saturated rings. The van der Waals surface area contributed by atoms with Crippen molar-refractivity contribution in [3.05, 3.63) is 48.0 Å². The number of pyridine rings is 1. The van der Waals surface area contributed by atoms with Gasteiger partial charge >= 0.3 is 0 Å². The lowest BCUT2D eigenvalue weighted by atomic mass is 10.0. The Hall–Kier alpha value is -2.30. The Morgan fingerprint density at radius 3 is 2.78 bits per heavy atom. The summed E-state index contributed by atoms with van der Waals surface area (Å²) in [5.74, 6) is 0.144. The fourth-order valence-corrected chi connectivity index (χ4v) is 2.15. The van der Waals surface area contributed by atoms with Crippen LogP contribution in [-0.2, 0) is 6.54 Å². The summed E-state index contributed by atoms with van der Waals surface area (Å²) in [6, 6.07) is 3.95. The molecule has 1 aliphatic rings. The molecule has 0 amide bonds. The monoisotopic (exact) mass is 240 g/mol. The molecule has 0 saturated carbocycles. The summed E-state index contributed by atoms with van der Waals surface area (Å²) in [5.41, 5.74) is 2.71.